The molecule has 0 radical (unpaired) electrons. The van der Waals surface area contributed by atoms with E-state index in [9.17, 15) is 0 Å². The third-order valence-electron chi connectivity index (χ3n) is 4.00. The summed E-state index contributed by atoms with van der Waals surface area (Å²) >= 11 is 3.39. The van der Waals surface area contributed by atoms with Gasteiger partial charge < -0.3 is 9.15 Å². The van der Waals surface area contributed by atoms with E-state index < -0.39 is 0 Å². The van der Waals surface area contributed by atoms with Gasteiger partial charge in [0.05, 0.1) is 17.5 Å². The molecule has 5 nitrogen and oxygen atoms in total. The van der Waals surface area contributed by atoms with Crippen LogP contribution in [0.4, 0.5) is 0 Å². The van der Waals surface area contributed by atoms with E-state index >= 15 is 0 Å². The summed E-state index contributed by atoms with van der Waals surface area (Å²) in [5, 5.41) is 12.5. The van der Waals surface area contributed by atoms with Crippen LogP contribution in [0.25, 0.3) is 10.8 Å². The summed E-state index contributed by atoms with van der Waals surface area (Å²) in [6.45, 7) is 3.31. The van der Waals surface area contributed by atoms with Crippen molar-refractivity contribution in [2.24, 2.45) is 0 Å². The van der Waals surface area contributed by atoms with E-state index in [4.69, 9.17) is 9.15 Å². The molecule has 7 heteroatoms. The number of nitrogens with zero attached hydrogens (tertiary/aromatic N) is 3. The molecule has 1 unspecified atom stereocenters. The zero-order valence-corrected chi connectivity index (χ0v) is 14.9. The van der Waals surface area contributed by atoms with E-state index in [1.165, 1.54) is 4.88 Å². The molecule has 0 bridgehead atoms. The van der Waals surface area contributed by atoms with Crippen LogP contribution in [-0.2, 0) is 17.8 Å². The van der Waals surface area contributed by atoms with Crippen molar-refractivity contribution >= 4 is 22.7 Å². The molecular weight excluding hydrogens is 342 g/mol. The maximum atomic E-state index is 5.85. The average molecular weight is 361 g/mol. The summed E-state index contributed by atoms with van der Waals surface area (Å²) in [4.78, 5) is 4.69. The van der Waals surface area contributed by atoms with Crippen molar-refractivity contribution in [3.63, 3.8) is 0 Å². The first-order valence-electron chi connectivity index (χ1n) is 8.09. The average Bonchev–Trinajstić information content (AvgIpc) is 3.37. The second-order valence-corrected chi connectivity index (χ2v) is 7.84. The fourth-order valence-electron chi connectivity index (χ4n) is 2.89. The molecule has 0 N–H and O–H groups in total. The van der Waals surface area contributed by atoms with E-state index in [-0.39, 0.29) is 0 Å². The number of rotatable bonds is 7. The van der Waals surface area contributed by atoms with Gasteiger partial charge in [0.25, 0.3) is 5.89 Å². The van der Waals surface area contributed by atoms with Crippen LogP contribution < -0.4 is 0 Å². The van der Waals surface area contributed by atoms with Crippen LogP contribution >= 0.6 is 22.7 Å². The lowest BCUT2D eigenvalue weighted by Gasteiger charge is -2.23. The molecule has 0 aliphatic carbocycles. The number of ether oxygens (including phenoxy) is 1. The summed E-state index contributed by atoms with van der Waals surface area (Å²) in [6, 6.07) is 8.24. The van der Waals surface area contributed by atoms with Gasteiger partial charge in [0.1, 0.15) is 0 Å². The summed E-state index contributed by atoms with van der Waals surface area (Å²) in [7, 11) is 0. The number of aromatic nitrogens is 2. The van der Waals surface area contributed by atoms with Gasteiger partial charge >= 0.3 is 0 Å². The number of hydrogen-bond donors (Lipinski definition) is 0. The molecule has 1 fully saturated rings. The molecule has 1 saturated heterocycles. The van der Waals surface area contributed by atoms with Gasteiger partial charge in [0.15, 0.2) is 0 Å². The topological polar surface area (TPSA) is 51.4 Å². The van der Waals surface area contributed by atoms with E-state index in [0.29, 0.717) is 24.4 Å². The van der Waals surface area contributed by atoms with Crippen molar-refractivity contribution in [3.05, 3.63) is 45.8 Å². The quantitative estimate of drug-likeness (QED) is 0.636. The second-order valence-electron chi connectivity index (χ2n) is 5.86. The van der Waals surface area contributed by atoms with Crippen molar-refractivity contribution in [1.29, 1.82) is 0 Å². The molecular formula is C17H19N3O2S2. The van der Waals surface area contributed by atoms with Crippen molar-refractivity contribution in [3.8, 4) is 10.8 Å². The van der Waals surface area contributed by atoms with E-state index in [0.717, 1.165) is 37.4 Å². The van der Waals surface area contributed by atoms with Crippen LogP contribution in [0.15, 0.2) is 39.4 Å². The van der Waals surface area contributed by atoms with Crippen LogP contribution in [0, 0.1) is 0 Å². The Balaban J connectivity index is 1.46. The summed E-state index contributed by atoms with van der Waals surface area (Å²) in [5.41, 5.74) is 0. The monoisotopic (exact) mass is 361 g/mol. The maximum absolute atomic E-state index is 5.85. The third-order valence-corrected chi connectivity index (χ3v) is 5.72. The van der Waals surface area contributed by atoms with Gasteiger partial charge in [-0.1, -0.05) is 12.1 Å². The van der Waals surface area contributed by atoms with Gasteiger partial charge in [-0.2, -0.15) is 0 Å². The highest BCUT2D eigenvalue weighted by Crippen LogP contribution is 2.24. The Hall–Kier alpha value is -1.54. The zero-order chi connectivity index (χ0) is 16.2. The molecule has 24 heavy (non-hydrogen) atoms. The van der Waals surface area contributed by atoms with Gasteiger partial charge in [-0.3, -0.25) is 4.90 Å². The Bertz CT molecular complexity index is 734. The molecule has 0 aromatic carbocycles. The zero-order valence-electron chi connectivity index (χ0n) is 13.3. The van der Waals surface area contributed by atoms with Gasteiger partial charge in [-0.05, 0) is 35.7 Å². The van der Waals surface area contributed by atoms with Crippen molar-refractivity contribution < 1.29 is 9.15 Å². The number of hydrogen-bond acceptors (Lipinski definition) is 7. The first-order chi connectivity index (χ1) is 11.9. The van der Waals surface area contributed by atoms with E-state index in [1.807, 2.05) is 17.5 Å². The minimum absolute atomic E-state index is 0.310. The lowest BCUT2D eigenvalue weighted by molar-refractivity contribution is 0.0653. The van der Waals surface area contributed by atoms with Crippen molar-refractivity contribution in [2.75, 3.05) is 13.2 Å². The molecule has 0 amide bonds. The van der Waals surface area contributed by atoms with Gasteiger partial charge in [-0.25, -0.2) is 0 Å². The van der Waals surface area contributed by atoms with Gasteiger partial charge in [0.2, 0.25) is 5.89 Å². The van der Waals surface area contributed by atoms with Crippen LogP contribution in [0.3, 0.4) is 0 Å². The highest BCUT2D eigenvalue weighted by Gasteiger charge is 2.21. The molecule has 4 heterocycles. The molecule has 1 aliphatic heterocycles. The Labute approximate surface area is 148 Å². The molecule has 3 aromatic heterocycles. The predicted octanol–water partition coefficient (Wildman–Crippen LogP) is 4.04. The second kappa shape index (κ2) is 7.57. The van der Waals surface area contributed by atoms with Crippen molar-refractivity contribution in [2.45, 2.75) is 32.0 Å². The molecule has 0 spiro atoms. The highest BCUT2D eigenvalue weighted by molar-refractivity contribution is 7.13. The normalized spacial score (nSPS) is 17.8. The Kier molecular flexibility index (Phi) is 5.03. The van der Waals surface area contributed by atoms with E-state index in [1.54, 1.807) is 22.7 Å². The molecule has 4 rings (SSSR count). The molecule has 1 aliphatic rings. The SMILES string of the molecule is c1csc(CN(Cc2nnc(-c3cccs3)o2)CC2CCCO2)c1. The fourth-order valence-corrected chi connectivity index (χ4v) is 4.28. The molecule has 126 valence electrons. The third kappa shape index (κ3) is 3.92. The van der Waals surface area contributed by atoms with Crippen molar-refractivity contribution in [1.82, 2.24) is 15.1 Å². The Morgan fingerprint density at radius 3 is 2.79 bits per heavy atom. The van der Waals surface area contributed by atoms with Crippen LogP contribution in [0.2, 0.25) is 0 Å². The van der Waals surface area contributed by atoms with Crippen LogP contribution in [-0.4, -0.2) is 34.4 Å². The summed E-state index contributed by atoms with van der Waals surface area (Å²) in [5.74, 6) is 1.26. The van der Waals surface area contributed by atoms with Gasteiger partial charge in [0, 0.05) is 24.6 Å². The fraction of sp³-hybridized carbons (Fsp3) is 0.412. The van der Waals surface area contributed by atoms with Crippen LogP contribution in [0.1, 0.15) is 23.6 Å². The summed E-state index contributed by atoms with van der Waals surface area (Å²) in [6.07, 6.45) is 2.59. The lowest BCUT2D eigenvalue weighted by atomic mass is 10.2. The number of thiophene rings is 2. The smallest absolute Gasteiger partial charge is 0.257 e. The summed E-state index contributed by atoms with van der Waals surface area (Å²) < 4.78 is 11.7. The first-order valence-corrected chi connectivity index (χ1v) is 9.85. The lowest BCUT2D eigenvalue weighted by Crippen LogP contribution is -2.31. The van der Waals surface area contributed by atoms with Gasteiger partial charge in [-0.15, -0.1) is 32.9 Å². The molecule has 0 saturated carbocycles. The first kappa shape index (κ1) is 16.0. The van der Waals surface area contributed by atoms with E-state index in [2.05, 4.69) is 32.6 Å². The molecule has 1 atom stereocenters. The molecule has 3 aromatic rings. The standard InChI is InChI=1S/C17H19N3O2S2/c1-4-13(21-7-1)10-20(11-14-5-2-8-23-14)12-16-18-19-17(22-16)15-6-3-9-24-15/h2-3,5-6,8-9,13H,1,4,7,10-12H2. The minimum atomic E-state index is 0.310. The van der Waals surface area contributed by atoms with Crippen LogP contribution in [0.5, 0.6) is 0 Å². The highest BCUT2D eigenvalue weighted by atomic mass is 32.1. The Morgan fingerprint density at radius 1 is 1.12 bits per heavy atom. The predicted molar refractivity (Wildman–Crippen MR) is 95.0 cm³/mol. The largest absolute Gasteiger partial charge is 0.419 e. The minimum Gasteiger partial charge on any atom is -0.419 e. The maximum Gasteiger partial charge on any atom is 0.257 e. The Morgan fingerprint density at radius 2 is 2.04 bits per heavy atom.